The lowest BCUT2D eigenvalue weighted by Gasteiger charge is -1.96. The van der Waals surface area contributed by atoms with E-state index in [2.05, 4.69) is 52.2 Å². The average molecular weight is 238 g/mol. The molecule has 1 N–H and O–H groups in total. The molecule has 0 saturated carbocycles. The third-order valence-corrected chi connectivity index (χ3v) is 2.74. The van der Waals surface area contributed by atoms with E-state index in [1.807, 2.05) is 0 Å². The summed E-state index contributed by atoms with van der Waals surface area (Å²) >= 11 is 3.49. The predicted octanol–water partition coefficient (Wildman–Crippen LogP) is 3.88. The monoisotopic (exact) mass is 237 g/mol. The number of fused-ring (bicyclic) bond motifs is 1. The highest BCUT2D eigenvalue weighted by Crippen LogP contribution is 2.23. The normalized spacial score (nSPS) is 10.9. The Labute approximate surface area is 86.3 Å². The van der Waals surface area contributed by atoms with Crippen molar-refractivity contribution in [2.75, 3.05) is 0 Å². The van der Waals surface area contributed by atoms with Crippen LogP contribution in [0.25, 0.3) is 10.9 Å². The molecule has 1 heterocycles. The molecule has 0 unspecified atom stereocenters. The van der Waals surface area contributed by atoms with E-state index >= 15 is 0 Å². The van der Waals surface area contributed by atoms with Crippen molar-refractivity contribution in [1.29, 1.82) is 0 Å². The quantitative estimate of drug-likeness (QED) is 0.817. The molecule has 0 aliphatic rings. The van der Waals surface area contributed by atoms with Crippen molar-refractivity contribution < 1.29 is 0 Å². The summed E-state index contributed by atoms with van der Waals surface area (Å²) in [7, 11) is 0. The molecule has 1 nitrogen and oxygen atoms in total. The van der Waals surface area contributed by atoms with Gasteiger partial charge in [-0.05, 0) is 30.2 Å². The Bertz CT molecular complexity index is 417. The van der Waals surface area contributed by atoms with Crippen LogP contribution in [0.3, 0.4) is 0 Å². The smallest absolute Gasteiger partial charge is 0.0457 e. The summed E-state index contributed by atoms with van der Waals surface area (Å²) in [6.45, 7) is 2.21. The van der Waals surface area contributed by atoms with Crippen LogP contribution in [0, 0.1) is 0 Å². The van der Waals surface area contributed by atoms with Gasteiger partial charge in [-0.3, -0.25) is 0 Å². The molecule has 0 atom stereocenters. The molecule has 0 fully saturated rings. The van der Waals surface area contributed by atoms with Crippen molar-refractivity contribution in [3.05, 3.63) is 34.4 Å². The van der Waals surface area contributed by atoms with Gasteiger partial charge in [0.15, 0.2) is 0 Å². The first-order chi connectivity index (χ1) is 6.31. The van der Waals surface area contributed by atoms with E-state index in [0.29, 0.717) is 0 Å². The molecule has 1 aromatic heterocycles. The summed E-state index contributed by atoms with van der Waals surface area (Å²) < 4.78 is 1.15. The van der Waals surface area contributed by atoms with Gasteiger partial charge in [-0.25, -0.2) is 0 Å². The number of rotatable bonds is 2. The van der Waals surface area contributed by atoms with Crippen molar-refractivity contribution >= 4 is 26.8 Å². The lowest BCUT2D eigenvalue weighted by molar-refractivity contribution is 0.929. The highest BCUT2D eigenvalue weighted by Gasteiger charge is 2.02. The van der Waals surface area contributed by atoms with Gasteiger partial charge in [0, 0.05) is 21.6 Å². The molecule has 0 saturated heterocycles. The maximum Gasteiger partial charge on any atom is 0.0457 e. The van der Waals surface area contributed by atoms with E-state index in [1.54, 1.807) is 0 Å². The SMILES string of the molecule is CCCc1c[nH]c2ccc(Br)cc12. The van der Waals surface area contributed by atoms with E-state index in [4.69, 9.17) is 0 Å². The standard InChI is InChI=1S/C11H12BrN/c1-2-3-8-7-13-11-5-4-9(12)6-10(8)11/h4-7,13H,2-3H2,1H3. The summed E-state index contributed by atoms with van der Waals surface area (Å²) in [6, 6.07) is 6.35. The van der Waals surface area contributed by atoms with Crippen LogP contribution in [0.4, 0.5) is 0 Å². The number of halogens is 1. The largest absolute Gasteiger partial charge is 0.361 e. The third-order valence-electron chi connectivity index (χ3n) is 2.25. The fourth-order valence-corrected chi connectivity index (χ4v) is 1.99. The van der Waals surface area contributed by atoms with Crippen molar-refractivity contribution in [3.8, 4) is 0 Å². The van der Waals surface area contributed by atoms with E-state index < -0.39 is 0 Å². The second kappa shape index (κ2) is 3.54. The second-order valence-electron chi connectivity index (χ2n) is 3.25. The summed E-state index contributed by atoms with van der Waals surface area (Å²) in [5.74, 6) is 0. The zero-order valence-electron chi connectivity index (χ0n) is 7.60. The molecule has 0 aliphatic carbocycles. The van der Waals surface area contributed by atoms with Gasteiger partial charge in [0.05, 0.1) is 0 Å². The lowest BCUT2D eigenvalue weighted by Crippen LogP contribution is -1.78. The van der Waals surface area contributed by atoms with Crippen molar-refractivity contribution in [1.82, 2.24) is 4.98 Å². The zero-order valence-corrected chi connectivity index (χ0v) is 9.19. The van der Waals surface area contributed by atoms with Crippen LogP contribution in [0.1, 0.15) is 18.9 Å². The number of aromatic nitrogens is 1. The Hall–Kier alpha value is -0.760. The van der Waals surface area contributed by atoms with Crippen LogP contribution in [0.15, 0.2) is 28.9 Å². The van der Waals surface area contributed by atoms with E-state index in [1.165, 1.54) is 22.9 Å². The Kier molecular flexibility index (Phi) is 2.40. The highest BCUT2D eigenvalue weighted by atomic mass is 79.9. The maximum absolute atomic E-state index is 3.49. The number of hydrogen-bond acceptors (Lipinski definition) is 0. The topological polar surface area (TPSA) is 15.8 Å². The second-order valence-corrected chi connectivity index (χ2v) is 4.17. The summed E-state index contributed by atoms with van der Waals surface area (Å²) in [5, 5.41) is 1.34. The molecule has 68 valence electrons. The summed E-state index contributed by atoms with van der Waals surface area (Å²) in [6.07, 6.45) is 4.45. The first-order valence-corrected chi connectivity index (χ1v) is 5.36. The van der Waals surface area contributed by atoms with Crippen LogP contribution in [0.5, 0.6) is 0 Å². The fraction of sp³-hybridized carbons (Fsp3) is 0.273. The minimum atomic E-state index is 1.15. The molecule has 0 bridgehead atoms. The number of aromatic amines is 1. The molecular weight excluding hydrogens is 226 g/mol. The van der Waals surface area contributed by atoms with E-state index in [0.717, 1.165) is 10.9 Å². The van der Waals surface area contributed by atoms with Crippen molar-refractivity contribution in [2.45, 2.75) is 19.8 Å². The van der Waals surface area contributed by atoms with Crippen molar-refractivity contribution in [3.63, 3.8) is 0 Å². The summed E-state index contributed by atoms with van der Waals surface area (Å²) in [4.78, 5) is 3.28. The first kappa shape index (κ1) is 8.82. The van der Waals surface area contributed by atoms with Gasteiger partial charge < -0.3 is 4.98 Å². The molecule has 0 spiro atoms. The lowest BCUT2D eigenvalue weighted by atomic mass is 10.1. The van der Waals surface area contributed by atoms with Gasteiger partial charge in [0.1, 0.15) is 0 Å². The Morgan fingerprint density at radius 2 is 2.23 bits per heavy atom. The number of aryl methyl sites for hydroxylation is 1. The van der Waals surface area contributed by atoms with Crippen molar-refractivity contribution in [2.24, 2.45) is 0 Å². The van der Waals surface area contributed by atoms with Gasteiger partial charge in [0.2, 0.25) is 0 Å². The molecule has 0 radical (unpaired) electrons. The fourth-order valence-electron chi connectivity index (χ4n) is 1.63. The van der Waals surface area contributed by atoms with Gasteiger partial charge >= 0.3 is 0 Å². The number of hydrogen-bond donors (Lipinski definition) is 1. The molecule has 2 aromatic rings. The highest BCUT2D eigenvalue weighted by molar-refractivity contribution is 9.10. The Morgan fingerprint density at radius 3 is 3.00 bits per heavy atom. The molecule has 0 amide bonds. The zero-order chi connectivity index (χ0) is 9.26. The Balaban J connectivity index is 2.58. The summed E-state index contributed by atoms with van der Waals surface area (Å²) in [5.41, 5.74) is 2.64. The van der Waals surface area contributed by atoms with Crippen LogP contribution < -0.4 is 0 Å². The first-order valence-electron chi connectivity index (χ1n) is 4.57. The van der Waals surface area contributed by atoms with Crippen LogP contribution >= 0.6 is 15.9 Å². The molecule has 2 heteroatoms. The molecule has 0 aliphatic heterocycles. The molecule has 13 heavy (non-hydrogen) atoms. The average Bonchev–Trinajstić information content (AvgIpc) is 2.49. The minimum Gasteiger partial charge on any atom is -0.361 e. The van der Waals surface area contributed by atoms with Gasteiger partial charge in [-0.1, -0.05) is 29.3 Å². The Morgan fingerprint density at radius 1 is 1.38 bits per heavy atom. The van der Waals surface area contributed by atoms with E-state index in [9.17, 15) is 0 Å². The number of H-pyrrole nitrogens is 1. The van der Waals surface area contributed by atoms with Gasteiger partial charge in [-0.15, -0.1) is 0 Å². The predicted molar refractivity (Wildman–Crippen MR) is 60.0 cm³/mol. The number of benzene rings is 1. The van der Waals surface area contributed by atoms with Crippen LogP contribution in [-0.4, -0.2) is 4.98 Å². The van der Waals surface area contributed by atoms with Crippen LogP contribution in [0.2, 0.25) is 0 Å². The molecule has 2 rings (SSSR count). The molecule has 1 aromatic carbocycles. The number of nitrogens with one attached hydrogen (secondary N) is 1. The van der Waals surface area contributed by atoms with Gasteiger partial charge in [-0.2, -0.15) is 0 Å². The van der Waals surface area contributed by atoms with Gasteiger partial charge in [0.25, 0.3) is 0 Å². The minimum absolute atomic E-state index is 1.15. The van der Waals surface area contributed by atoms with E-state index in [-0.39, 0.29) is 0 Å². The third kappa shape index (κ3) is 1.63. The van der Waals surface area contributed by atoms with Crippen LogP contribution in [-0.2, 0) is 6.42 Å². The maximum atomic E-state index is 3.49. The molecular formula is C11H12BrN.